The van der Waals surface area contributed by atoms with Crippen LogP contribution in [-0.4, -0.2) is 71.0 Å². The third-order valence-corrected chi connectivity index (χ3v) is 3.78. The van der Waals surface area contributed by atoms with Crippen molar-refractivity contribution in [2.75, 3.05) is 32.8 Å². The second-order valence-corrected chi connectivity index (χ2v) is 7.09. The Bertz CT molecular complexity index is 676. The first-order valence-corrected chi connectivity index (χ1v) is 8.72. The van der Waals surface area contributed by atoms with Crippen molar-refractivity contribution in [3.05, 3.63) is 29.6 Å². The molecule has 3 amide bonds. The van der Waals surface area contributed by atoms with Gasteiger partial charge in [-0.1, -0.05) is 6.07 Å². The second-order valence-electron chi connectivity index (χ2n) is 7.09. The molecule has 0 aliphatic carbocycles. The van der Waals surface area contributed by atoms with Crippen LogP contribution >= 0.6 is 0 Å². The van der Waals surface area contributed by atoms with E-state index in [1.807, 2.05) is 20.8 Å². The average Bonchev–Trinajstić information content (AvgIpc) is 2.60. The summed E-state index contributed by atoms with van der Waals surface area (Å²) in [6.45, 7) is 9.34. The third kappa shape index (κ3) is 5.18. The van der Waals surface area contributed by atoms with E-state index in [1.54, 1.807) is 34.9 Å². The van der Waals surface area contributed by atoms with E-state index in [4.69, 9.17) is 4.74 Å². The van der Waals surface area contributed by atoms with Gasteiger partial charge in [0.2, 0.25) is 0 Å². The number of rotatable bonds is 3. The Labute approximate surface area is 153 Å². The maximum absolute atomic E-state index is 12.7. The van der Waals surface area contributed by atoms with Gasteiger partial charge in [0.25, 0.3) is 11.8 Å². The minimum Gasteiger partial charge on any atom is -0.450 e. The van der Waals surface area contributed by atoms with Crippen LogP contribution in [0.1, 0.15) is 48.7 Å². The zero-order chi connectivity index (χ0) is 19.3. The van der Waals surface area contributed by atoms with Gasteiger partial charge in [0.05, 0.1) is 6.61 Å². The van der Waals surface area contributed by atoms with Gasteiger partial charge in [-0.3, -0.25) is 9.59 Å². The van der Waals surface area contributed by atoms with Gasteiger partial charge in [-0.05, 0) is 39.8 Å². The second kappa shape index (κ2) is 8.16. The number of nitrogens with one attached hydrogen (secondary N) is 1. The Morgan fingerprint density at radius 2 is 1.65 bits per heavy atom. The van der Waals surface area contributed by atoms with Crippen molar-refractivity contribution in [2.45, 2.75) is 33.2 Å². The van der Waals surface area contributed by atoms with Crippen molar-refractivity contribution in [3.8, 4) is 0 Å². The van der Waals surface area contributed by atoms with Crippen LogP contribution in [-0.2, 0) is 4.74 Å². The number of carbonyl (C=O) groups excluding carboxylic acids is 3. The van der Waals surface area contributed by atoms with Crippen molar-refractivity contribution in [1.29, 1.82) is 0 Å². The topological polar surface area (TPSA) is 91.8 Å². The van der Waals surface area contributed by atoms with E-state index in [0.717, 1.165) is 0 Å². The molecular weight excluding hydrogens is 336 g/mol. The highest BCUT2D eigenvalue weighted by Gasteiger charge is 2.26. The highest BCUT2D eigenvalue weighted by atomic mass is 16.6. The van der Waals surface area contributed by atoms with E-state index in [9.17, 15) is 14.4 Å². The third-order valence-electron chi connectivity index (χ3n) is 3.78. The number of aromatic nitrogens is 1. The summed E-state index contributed by atoms with van der Waals surface area (Å²) in [5, 5.41) is 2.83. The van der Waals surface area contributed by atoms with E-state index in [2.05, 4.69) is 10.3 Å². The van der Waals surface area contributed by atoms with Crippen LogP contribution in [0, 0.1) is 0 Å². The molecule has 0 bridgehead atoms. The van der Waals surface area contributed by atoms with Gasteiger partial charge in [-0.2, -0.15) is 0 Å². The van der Waals surface area contributed by atoms with Crippen LogP contribution < -0.4 is 5.32 Å². The van der Waals surface area contributed by atoms with Crippen molar-refractivity contribution in [2.24, 2.45) is 0 Å². The minimum absolute atomic E-state index is 0.205. The Hall–Kier alpha value is -2.64. The SMILES string of the molecule is CCOC(=O)N1CCN(C(=O)c2cccc(C(=O)NC(C)(C)C)n2)CC1. The molecule has 0 radical (unpaired) electrons. The van der Waals surface area contributed by atoms with Gasteiger partial charge < -0.3 is 19.9 Å². The lowest BCUT2D eigenvalue weighted by molar-refractivity contribution is 0.0565. The lowest BCUT2D eigenvalue weighted by Crippen LogP contribution is -2.51. The van der Waals surface area contributed by atoms with Crippen molar-refractivity contribution in [1.82, 2.24) is 20.1 Å². The molecule has 0 saturated carbocycles. The Morgan fingerprint density at radius 1 is 1.08 bits per heavy atom. The van der Waals surface area contributed by atoms with E-state index < -0.39 is 0 Å². The number of ether oxygens (including phenoxy) is 1. The number of hydrogen-bond acceptors (Lipinski definition) is 5. The van der Waals surface area contributed by atoms with Gasteiger partial charge in [0, 0.05) is 31.7 Å². The normalized spacial score (nSPS) is 14.8. The smallest absolute Gasteiger partial charge is 0.409 e. The molecular formula is C18H26N4O4. The summed E-state index contributed by atoms with van der Waals surface area (Å²) in [6.07, 6.45) is -0.362. The molecule has 26 heavy (non-hydrogen) atoms. The lowest BCUT2D eigenvalue weighted by atomic mass is 10.1. The quantitative estimate of drug-likeness (QED) is 0.880. The summed E-state index contributed by atoms with van der Waals surface area (Å²) < 4.78 is 4.97. The molecule has 1 aromatic rings. The molecule has 8 heteroatoms. The number of hydrogen-bond donors (Lipinski definition) is 1. The molecule has 1 saturated heterocycles. The standard InChI is InChI=1S/C18H26N4O4/c1-5-26-17(25)22-11-9-21(10-12-22)16(24)14-8-6-7-13(19-14)15(23)20-18(2,3)4/h6-8H,5,9-12H2,1-4H3,(H,20,23). The molecule has 1 fully saturated rings. The Kier molecular flexibility index (Phi) is 6.18. The van der Waals surface area contributed by atoms with Gasteiger partial charge >= 0.3 is 6.09 Å². The van der Waals surface area contributed by atoms with E-state index in [-0.39, 0.29) is 34.8 Å². The van der Waals surface area contributed by atoms with Crippen LogP contribution in [0.2, 0.25) is 0 Å². The molecule has 0 atom stereocenters. The largest absolute Gasteiger partial charge is 0.450 e. The first-order chi connectivity index (χ1) is 12.2. The molecule has 142 valence electrons. The molecule has 0 spiro atoms. The number of pyridine rings is 1. The first kappa shape index (κ1) is 19.7. The van der Waals surface area contributed by atoms with Crippen LogP contribution in [0.15, 0.2) is 18.2 Å². The van der Waals surface area contributed by atoms with E-state index in [0.29, 0.717) is 32.8 Å². The summed E-state index contributed by atoms with van der Waals surface area (Å²) in [5.74, 6) is -0.571. The van der Waals surface area contributed by atoms with E-state index in [1.165, 1.54) is 0 Å². The van der Waals surface area contributed by atoms with E-state index >= 15 is 0 Å². The molecule has 1 N–H and O–H groups in total. The van der Waals surface area contributed by atoms with Crippen molar-refractivity contribution in [3.63, 3.8) is 0 Å². The molecule has 0 aromatic carbocycles. The minimum atomic E-state index is -0.387. The predicted molar refractivity (Wildman–Crippen MR) is 96.0 cm³/mol. The number of piperazine rings is 1. The molecule has 1 aliphatic heterocycles. The molecule has 8 nitrogen and oxygen atoms in total. The summed E-state index contributed by atoms with van der Waals surface area (Å²) in [7, 11) is 0. The molecule has 2 heterocycles. The molecule has 2 rings (SSSR count). The number of amides is 3. The number of nitrogens with zero attached hydrogens (tertiary/aromatic N) is 3. The van der Waals surface area contributed by atoms with Gasteiger partial charge in [0.15, 0.2) is 0 Å². The van der Waals surface area contributed by atoms with Crippen LogP contribution in [0.25, 0.3) is 0 Å². The number of carbonyl (C=O) groups is 3. The Balaban J connectivity index is 2.01. The maximum Gasteiger partial charge on any atom is 0.409 e. The fraction of sp³-hybridized carbons (Fsp3) is 0.556. The van der Waals surface area contributed by atoms with Crippen molar-refractivity contribution >= 4 is 17.9 Å². The highest BCUT2D eigenvalue weighted by molar-refractivity contribution is 5.96. The zero-order valence-electron chi connectivity index (χ0n) is 15.7. The predicted octanol–water partition coefficient (Wildman–Crippen LogP) is 1.52. The Morgan fingerprint density at radius 3 is 2.23 bits per heavy atom. The summed E-state index contributed by atoms with van der Waals surface area (Å²) >= 11 is 0. The fourth-order valence-electron chi connectivity index (χ4n) is 2.55. The fourth-order valence-corrected chi connectivity index (χ4v) is 2.55. The van der Waals surface area contributed by atoms with Gasteiger partial charge in [0.1, 0.15) is 11.4 Å². The maximum atomic E-state index is 12.7. The van der Waals surface area contributed by atoms with Crippen LogP contribution in [0.4, 0.5) is 4.79 Å². The van der Waals surface area contributed by atoms with Crippen LogP contribution in [0.5, 0.6) is 0 Å². The van der Waals surface area contributed by atoms with Gasteiger partial charge in [-0.25, -0.2) is 9.78 Å². The van der Waals surface area contributed by atoms with Crippen LogP contribution in [0.3, 0.4) is 0 Å². The summed E-state index contributed by atoms with van der Waals surface area (Å²) in [5.41, 5.74) is 0.0365. The monoisotopic (exact) mass is 362 g/mol. The highest BCUT2D eigenvalue weighted by Crippen LogP contribution is 2.10. The summed E-state index contributed by atoms with van der Waals surface area (Å²) in [4.78, 5) is 44.0. The summed E-state index contributed by atoms with van der Waals surface area (Å²) in [6, 6.07) is 4.82. The lowest BCUT2D eigenvalue weighted by Gasteiger charge is -2.33. The van der Waals surface area contributed by atoms with Crippen molar-refractivity contribution < 1.29 is 19.1 Å². The molecule has 0 unspecified atom stereocenters. The zero-order valence-corrected chi connectivity index (χ0v) is 15.7. The molecule has 1 aliphatic rings. The average molecular weight is 362 g/mol. The van der Waals surface area contributed by atoms with Gasteiger partial charge in [-0.15, -0.1) is 0 Å². The first-order valence-electron chi connectivity index (χ1n) is 8.72. The molecule has 1 aromatic heterocycles.